The molecule has 0 aromatic heterocycles. The van der Waals surface area contributed by atoms with Gasteiger partial charge >= 0.3 is 0 Å². The molecule has 1 N–H and O–H groups in total. The number of nitrogens with zero attached hydrogens (tertiary/aromatic N) is 1. The summed E-state index contributed by atoms with van der Waals surface area (Å²) >= 11 is 0. The molecule has 8 nitrogen and oxygen atoms in total. The van der Waals surface area contributed by atoms with E-state index < -0.39 is 22.5 Å². The van der Waals surface area contributed by atoms with Crippen molar-refractivity contribution in [3.63, 3.8) is 0 Å². The van der Waals surface area contributed by atoms with Crippen LogP contribution in [0.5, 0.6) is 17.2 Å². The summed E-state index contributed by atoms with van der Waals surface area (Å²) in [4.78, 5) is 13.3. The summed E-state index contributed by atoms with van der Waals surface area (Å²) in [6, 6.07) is 20.1. The third-order valence-electron chi connectivity index (χ3n) is 5.83. The van der Waals surface area contributed by atoms with Crippen molar-refractivity contribution in [2.45, 2.75) is 31.2 Å². The molecule has 1 amide bonds. The van der Waals surface area contributed by atoms with Crippen LogP contribution in [-0.2, 0) is 14.8 Å². The summed E-state index contributed by atoms with van der Waals surface area (Å²) in [7, 11) is 0.388. The highest BCUT2D eigenvalue weighted by atomic mass is 32.2. The minimum Gasteiger partial charge on any atom is -0.497 e. The average molecular weight is 527 g/mol. The highest BCUT2D eigenvalue weighted by Crippen LogP contribution is 2.32. The van der Waals surface area contributed by atoms with Gasteiger partial charge in [0.25, 0.3) is 10.0 Å². The van der Waals surface area contributed by atoms with Crippen LogP contribution in [0.25, 0.3) is 0 Å². The first-order valence-electron chi connectivity index (χ1n) is 11.9. The summed E-state index contributed by atoms with van der Waals surface area (Å²) in [5.41, 5.74) is 1.29. The monoisotopic (exact) mass is 526 g/mol. The van der Waals surface area contributed by atoms with Gasteiger partial charge in [0.2, 0.25) is 5.91 Å². The molecular formula is C28H34N2O6S. The van der Waals surface area contributed by atoms with Gasteiger partial charge in [0.15, 0.2) is 11.5 Å². The lowest BCUT2D eigenvalue weighted by Crippen LogP contribution is -2.42. The first-order chi connectivity index (χ1) is 17.7. The quantitative estimate of drug-likeness (QED) is 0.364. The van der Waals surface area contributed by atoms with Crippen molar-refractivity contribution in [3.05, 3.63) is 78.4 Å². The van der Waals surface area contributed by atoms with Crippen LogP contribution in [-0.4, -0.2) is 42.2 Å². The van der Waals surface area contributed by atoms with Gasteiger partial charge < -0.3 is 19.5 Å². The van der Waals surface area contributed by atoms with E-state index in [1.807, 2.05) is 24.3 Å². The fourth-order valence-corrected chi connectivity index (χ4v) is 5.41. The summed E-state index contributed by atoms with van der Waals surface area (Å²) < 4.78 is 44.4. The van der Waals surface area contributed by atoms with Crippen molar-refractivity contribution in [1.29, 1.82) is 0 Å². The number of amides is 1. The molecule has 3 aromatic carbocycles. The summed E-state index contributed by atoms with van der Waals surface area (Å²) in [6.45, 7) is 3.74. The van der Waals surface area contributed by atoms with Crippen LogP contribution in [0.15, 0.2) is 77.7 Å². The molecule has 0 radical (unpaired) electrons. The molecule has 1 atom stereocenters. The van der Waals surface area contributed by atoms with Crippen LogP contribution in [0.1, 0.15) is 31.9 Å². The molecule has 0 aliphatic rings. The van der Waals surface area contributed by atoms with Gasteiger partial charge in [-0.15, -0.1) is 0 Å². The number of carbonyl (C=O) groups excluding carboxylic acids is 1. The predicted molar refractivity (Wildman–Crippen MR) is 144 cm³/mol. The standard InChI is InChI=1S/C28H34N2O6S/c1-20(2)17-25(21-11-13-23(34-3)14-12-21)29-28(31)19-30(22-9-7-6-8-10-22)37(32,33)24-15-16-26(35-4)27(18-24)36-5/h6-16,18,20,25H,17,19H2,1-5H3,(H,29,31)/t25-/m1/s1. The van der Waals surface area contributed by atoms with Crippen LogP contribution in [0.2, 0.25) is 0 Å². The van der Waals surface area contributed by atoms with E-state index in [1.165, 1.54) is 32.4 Å². The van der Waals surface area contributed by atoms with E-state index in [2.05, 4.69) is 19.2 Å². The maximum Gasteiger partial charge on any atom is 0.264 e. The number of ether oxygens (including phenoxy) is 3. The molecule has 0 bridgehead atoms. The Morgan fingerprint density at radius 1 is 0.865 bits per heavy atom. The normalized spacial score (nSPS) is 12.1. The second-order valence-corrected chi connectivity index (χ2v) is 10.7. The molecule has 0 aliphatic heterocycles. The Morgan fingerprint density at radius 2 is 1.51 bits per heavy atom. The van der Waals surface area contributed by atoms with Crippen LogP contribution in [0.3, 0.4) is 0 Å². The number of benzene rings is 3. The number of methoxy groups -OCH3 is 3. The first kappa shape index (κ1) is 27.9. The number of para-hydroxylation sites is 1. The fourth-order valence-electron chi connectivity index (χ4n) is 3.97. The van der Waals surface area contributed by atoms with Crippen LogP contribution in [0.4, 0.5) is 5.69 Å². The lowest BCUT2D eigenvalue weighted by atomic mass is 9.97. The van der Waals surface area contributed by atoms with E-state index in [4.69, 9.17) is 14.2 Å². The molecule has 0 aliphatic carbocycles. The summed E-state index contributed by atoms with van der Waals surface area (Å²) in [6.07, 6.45) is 0.686. The SMILES string of the molecule is COc1ccc([C@@H](CC(C)C)NC(=O)CN(c2ccccc2)S(=O)(=O)c2ccc(OC)c(OC)c2)cc1. The van der Waals surface area contributed by atoms with Crippen LogP contribution < -0.4 is 23.8 Å². The van der Waals surface area contributed by atoms with Gasteiger partial charge in [-0.05, 0) is 54.3 Å². The average Bonchev–Trinajstić information content (AvgIpc) is 2.91. The Balaban J connectivity index is 1.93. The second-order valence-electron chi connectivity index (χ2n) is 8.89. The van der Waals surface area contributed by atoms with E-state index in [0.29, 0.717) is 23.8 Å². The van der Waals surface area contributed by atoms with Crippen molar-refractivity contribution < 1.29 is 27.4 Å². The van der Waals surface area contributed by atoms with Gasteiger partial charge in [-0.2, -0.15) is 0 Å². The Morgan fingerprint density at radius 3 is 2.08 bits per heavy atom. The first-order valence-corrected chi connectivity index (χ1v) is 13.4. The lowest BCUT2D eigenvalue weighted by Gasteiger charge is -2.27. The Bertz CT molecular complexity index is 1280. The van der Waals surface area contributed by atoms with Crippen molar-refractivity contribution in [3.8, 4) is 17.2 Å². The van der Waals surface area contributed by atoms with E-state index in [9.17, 15) is 13.2 Å². The summed E-state index contributed by atoms with van der Waals surface area (Å²) in [5.74, 6) is 1.27. The van der Waals surface area contributed by atoms with Crippen molar-refractivity contribution >= 4 is 21.6 Å². The Hall–Kier alpha value is -3.72. The number of carbonyl (C=O) groups is 1. The molecule has 3 rings (SSSR count). The zero-order valence-electron chi connectivity index (χ0n) is 21.8. The van der Waals surface area contributed by atoms with E-state index in [0.717, 1.165) is 15.6 Å². The largest absolute Gasteiger partial charge is 0.497 e. The topological polar surface area (TPSA) is 94.2 Å². The zero-order chi connectivity index (χ0) is 27.0. The second kappa shape index (κ2) is 12.5. The Kier molecular flexibility index (Phi) is 9.41. The molecule has 0 fully saturated rings. The van der Waals surface area contributed by atoms with Crippen molar-refractivity contribution in [1.82, 2.24) is 5.32 Å². The minimum absolute atomic E-state index is 0.0179. The van der Waals surface area contributed by atoms with Crippen molar-refractivity contribution in [2.75, 3.05) is 32.2 Å². The van der Waals surface area contributed by atoms with E-state index in [-0.39, 0.29) is 16.7 Å². The molecule has 0 saturated heterocycles. The number of hydrogen-bond donors (Lipinski definition) is 1. The maximum absolute atomic E-state index is 13.8. The lowest BCUT2D eigenvalue weighted by molar-refractivity contribution is -0.120. The van der Waals surface area contributed by atoms with Crippen molar-refractivity contribution in [2.24, 2.45) is 5.92 Å². The van der Waals surface area contributed by atoms with Gasteiger partial charge in [0.05, 0.1) is 38.0 Å². The van der Waals surface area contributed by atoms with Gasteiger partial charge in [-0.25, -0.2) is 8.42 Å². The molecule has 0 heterocycles. The summed E-state index contributed by atoms with van der Waals surface area (Å²) in [5, 5.41) is 3.04. The molecule has 3 aromatic rings. The number of nitrogens with one attached hydrogen (secondary N) is 1. The number of rotatable bonds is 12. The molecular weight excluding hydrogens is 492 g/mol. The molecule has 0 saturated carbocycles. The fraction of sp³-hybridized carbons (Fsp3) is 0.321. The van der Waals surface area contributed by atoms with Crippen LogP contribution in [0, 0.1) is 5.92 Å². The third kappa shape index (κ3) is 6.95. The van der Waals surface area contributed by atoms with E-state index >= 15 is 0 Å². The zero-order valence-corrected chi connectivity index (χ0v) is 22.6. The molecule has 0 unspecified atom stereocenters. The number of sulfonamides is 1. The third-order valence-corrected chi connectivity index (χ3v) is 7.60. The van der Waals surface area contributed by atoms with Gasteiger partial charge in [-0.1, -0.05) is 44.2 Å². The number of anilines is 1. The smallest absolute Gasteiger partial charge is 0.264 e. The van der Waals surface area contributed by atoms with Gasteiger partial charge in [0.1, 0.15) is 12.3 Å². The minimum atomic E-state index is -4.12. The molecule has 9 heteroatoms. The van der Waals surface area contributed by atoms with Gasteiger partial charge in [-0.3, -0.25) is 9.10 Å². The Labute approximate surface area is 219 Å². The molecule has 37 heavy (non-hydrogen) atoms. The molecule has 0 spiro atoms. The number of hydrogen-bond acceptors (Lipinski definition) is 6. The molecule has 198 valence electrons. The van der Waals surface area contributed by atoms with E-state index in [1.54, 1.807) is 37.4 Å². The highest BCUT2D eigenvalue weighted by molar-refractivity contribution is 7.92. The van der Waals surface area contributed by atoms with Gasteiger partial charge in [0, 0.05) is 6.07 Å². The highest BCUT2D eigenvalue weighted by Gasteiger charge is 2.29. The van der Waals surface area contributed by atoms with Crippen LogP contribution >= 0.6 is 0 Å². The predicted octanol–water partition coefficient (Wildman–Crippen LogP) is 4.81. The maximum atomic E-state index is 13.8.